The number of imidazole rings is 1. The first-order valence-corrected chi connectivity index (χ1v) is 6.74. The Morgan fingerprint density at radius 3 is 2.70 bits per heavy atom. The lowest BCUT2D eigenvalue weighted by Gasteiger charge is -2.02. The molecule has 0 radical (unpaired) electrons. The van der Waals surface area contributed by atoms with E-state index < -0.39 is 0 Å². The summed E-state index contributed by atoms with van der Waals surface area (Å²) >= 11 is 0. The molecule has 0 unspecified atom stereocenters. The minimum atomic E-state index is 0.604. The minimum Gasteiger partial charge on any atom is -0.478 e. The molecule has 3 aromatic rings. The third-order valence-corrected chi connectivity index (χ3v) is 3.25. The highest BCUT2D eigenvalue weighted by atomic mass is 16.5. The maximum absolute atomic E-state index is 5.40. The molecule has 1 N–H and O–H groups in total. The fourth-order valence-corrected chi connectivity index (χ4v) is 2.31. The molecule has 2 aromatic heterocycles. The molecule has 4 heteroatoms. The molecule has 1 aromatic carbocycles. The van der Waals surface area contributed by atoms with Gasteiger partial charge in [0.2, 0.25) is 5.88 Å². The molecule has 0 amide bonds. The molecule has 20 heavy (non-hydrogen) atoms. The zero-order chi connectivity index (χ0) is 14.1. The fourth-order valence-electron chi connectivity index (χ4n) is 2.31. The second kappa shape index (κ2) is 4.96. The van der Waals surface area contributed by atoms with Crippen LogP contribution in [0.15, 0.2) is 30.3 Å². The van der Waals surface area contributed by atoms with Crippen LogP contribution in [0.3, 0.4) is 0 Å². The Bertz CT molecular complexity index is 762. The average molecular weight is 267 g/mol. The van der Waals surface area contributed by atoms with Crippen molar-refractivity contribution >= 4 is 11.2 Å². The Labute approximate surface area is 117 Å². The van der Waals surface area contributed by atoms with E-state index in [4.69, 9.17) is 4.74 Å². The van der Waals surface area contributed by atoms with Gasteiger partial charge in [-0.25, -0.2) is 4.98 Å². The molecule has 0 bridgehead atoms. The Balaban J connectivity index is 2.08. The number of nitrogens with one attached hydrogen (secondary N) is 1. The van der Waals surface area contributed by atoms with E-state index in [9.17, 15) is 0 Å². The number of aromatic amines is 1. The van der Waals surface area contributed by atoms with Gasteiger partial charge in [0, 0.05) is 11.6 Å². The van der Waals surface area contributed by atoms with Crippen LogP contribution in [-0.2, 0) is 0 Å². The number of hydrogen-bond donors (Lipinski definition) is 1. The highest BCUT2D eigenvalue weighted by Crippen LogP contribution is 2.24. The van der Waals surface area contributed by atoms with Crippen LogP contribution in [0.5, 0.6) is 5.88 Å². The van der Waals surface area contributed by atoms with Crippen LogP contribution < -0.4 is 4.74 Å². The van der Waals surface area contributed by atoms with Crippen LogP contribution in [0.4, 0.5) is 0 Å². The molecule has 3 rings (SSSR count). The third-order valence-electron chi connectivity index (χ3n) is 3.25. The van der Waals surface area contributed by atoms with Gasteiger partial charge in [-0.3, -0.25) is 0 Å². The van der Waals surface area contributed by atoms with Gasteiger partial charge in [-0.15, -0.1) is 0 Å². The molecule has 0 saturated heterocycles. The maximum atomic E-state index is 5.40. The van der Waals surface area contributed by atoms with Crippen LogP contribution in [0.1, 0.15) is 18.1 Å². The lowest BCUT2D eigenvalue weighted by atomic mass is 10.1. The molecular weight excluding hydrogens is 250 g/mol. The number of nitrogens with zero attached hydrogens (tertiary/aromatic N) is 2. The minimum absolute atomic E-state index is 0.604. The summed E-state index contributed by atoms with van der Waals surface area (Å²) in [6, 6.07) is 10.1. The second-order valence-corrected chi connectivity index (χ2v) is 4.86. The smallest absolute Gasteiger partial charge is 0.215 e. The number of aryl methyl sites for hydroxylation is 2. The number of H-pyrrole nitrogens is 1. The number of rotatable bonds is 3. The second-order valence-electron chi connectivity index (χ2n) is 4.86. The SMILES string of the molecule is CCOc1ccc2[nH]c(-c3ccc(C)cc3C)nc2n1. The highest BCUT2D eigenvalue weighted by molar-refractivity contribution is 5.77. The molecule has 102 valence electrons. The van der Waals surface area contributed by atoms with E-state index in [1.54, 1.807) is 0 Å². The first-order chi connectivity index (χ1) is 9.67. The summed E-state index contributed by atoms with van der Waals surface area (Å²) in [5.74, 6) is 1.46. The Kier molecular flexibility index (Phi) is 3.14. The van der Waals surface area contributed by atoms with Gasteiger partial charge in [0.1, 0.15) is 5.82 Å². The summed E-state index contributed by atoms with van der Waals surface area (Å²) in [4.78, 5) is 12.3. The molecular formula is C16H17N3O. The average Bonchev–Trinajstić information content (AvgIpc) is 2.81. The van der Waals surface area contributed by atoms with Crippen molar-refractivity contribution < 1.29 is 4.74 Å². The molecule has 0 aliphatic carbocycles. The molecule has 4 nitrogen and oxygen atoms in total. The monoisotopic (exact) mass is 267 g/mol. The Morgan fingerprint density at radius 2 is 1.95 bits per heavy atom. The zero-order valence-electron chi connectivity index (χ0n) is 11.9. The van der Waals surface area contributed by atoms with E-state index in [0.717, 1.165) is 16.9 Å². The van der Waals surface area contributed by atoms with Gasteiger partial charge in [-0.2, -0.15) is 4.98 Å². The van der Waals surface area contributed by atoms with E-state index in [2.05, 4.69) is 47.0 Å². The Morgan fingerprint density at radius 1 is 1.10 bits per heavy atom. The van der Waals surface area contributed by atoms with Crippen molar-refractivity contribution in [1.82, 2.24) is 15.0 Å². The van der Waals surface area contributed by atoms with E-state index in [0.29, 0.717) is 18.1 Å². The lowest BCUT2D eigenvalue weighted by Crippen LogP contribution is -1.93. The van der Waals surface area contributed by atoms with Crippen LogP contribution in [0.2, 0.25) is 0 Å². The highest BCUT2D eigenvalue weighted by Gasteiger charge is 2.09. The van der Waals surface area contributed by atoms with Crippen molar-refractivity contribution in [3.63, 3.8) is 0 Å². The van der Waals surface area contributed by atoms with Crippen LogP contribution in [0, 0.1) is 13.8 Å². The van der Waals surface area contributed by atoms with Crippen LogP contribution >= 0.6 is 0 Å². The van der Waals surface area contributed by atoms with Crippen molar-refractivity contribution in [3.8, 4) is 17.3 Å². The first-order valence-electron chi connectivity index (χ1n) is 6.74. The summed E-state index contributed by atoms with van der Waals surface area (Å²) < 4.78 is 5.40. The van der Waals surface area contributed by atoms with Gasteiger partial charge in [-0.05, 0) is 32.4 Å². The van der Waals surface area contributed by atoms with Crippen molar-refractivity contribution in [2.75, 3.05) is 6.61 Å². The van der Waals surface area contributed by atoms with E-state index >= 15 is 0 Å². The lowest BCUT2D eigenvalue weighted by molar-refractivity contribution is 0.328. The summed E-state index contributed by atoms with van der Waals surface area (Å²) in [5.41, 5.74) is 5.16. The molecule has 2 heterocycles. The molecule has 0 spiro atoms. The predicted octanol–water partition coefficient (Wildman–Crippen LogP) is 3.64. The summed E-state index contributed by atoms with van der Waals surface area (Å²) in [6.45, 7) is 6.73. The van der Waals surface area contributed by atoms with Crippen LogP contribution in [0.25, 0.3) is 22.6 Å². The van der Waals surface area contributed by atoms with Gasteiger partial charge < -0.3 is 9.72 Å². The van der Waals surface area contributed by atoms with Crippen molar-refractivity contribution in [3.05, 3.63) is 41.5 Å². The summed E-state index contributed by atoms with van der Waals surface area (Å²) in [6.07, 6.45) is 0. The van der Waals surface area contributed by atoms with Crippen molar-refractivity contribution in [1.29, 1.82) is 0 Å². The van der Waals surface area contributed by atoms with Gasteiger partial charge in [0.05, 0.1) is 12.1 Å². The molecule has 0 aliphatic heterocycles. The topological polar surface area (TPSA) is 50.8 Å². The quantitative estimate of drug-likeness (QED) is 0.788. The van der Waals surface area contributed by atoms with Crippen LogP contribution in [-0.4, -0.2) is 21.6 Å². The van der Waals surface area contributed by atoms with E-state index in [-0.39, 0.29) is 0 Å². The number of hydrogen-bond acceptors (Lipinski definition) is 3. The molecule has 0 saturated carbocycles. The van der Waals surface area contributed by atoms with Gasteiger partial charge >= 0.3 is 0 Å². The van der Waals surface area contributed by atoms with Gasteiger partial charge in [-0.1, -0.05) is 23.8 Å². The molecule has 0 atom stereocenters. The van der Waals surface area contributed by atoms with Gasteiger partial charge in [0.25, 0.3) is 0 Å². The predicted molar refractivity (Wildman–Crippen MR) is 80.0 cm³/mol. The molecule has 0 aliphatic rings. The fraction of sp³-hybridized carbons (Fsp3) is 0.250. The summed E-state index contributed by atoms with van der Waals surface area (Å²) in [7, 11) is 0. The maximum Gasteiger partial charge on any atom is 0.215 e. The number of ether oxygens (including phenoxy) is 1. The normalized spacial score (nSPS) is 10.9. The standard InChI is InChI=1S/C16H17N3O/c1-4-20-14-8-7-13-16(18-14)19-15(17-13)12-6-5-10(2)9-11(12)3/h5-9H,4H2,1-3H3,(H,17,18,19). The third kappa shape index (κ3) is 2.25. The zero-order valence-corrected chi connectivity index (χ0v) is 11.9. The largest absolute Gasteiger partial charge is 0.478 e. The van der Waals surface area contributed by atoms with Gasteiger partial charge in [0.15, 0.2) is 5.65 Å². The Hall–Kier alpha value is -2.36. The number of fused-ring (bicyclic) bond motifs is 1. The molecule has 0 fully saturated rings. The van der Waals surface area contributed by atoms with Crippen molar-refractivity contribution in [2.45, 2.75) is 20.8 Å². The number of pyridine rings is 1. The van der Waals surface area contributed by atoms with E-state index in [1.165, 1.54) is 11.1 Å². The van der Waals surface area contributed by atoms with Crippen molar-refractivity contribution in [2.24, 2.45) is 0 Å². The number of benzene rings is 1. The summed E-state index contributed by atoms with van der Waals surface area (Å²) in [5, 5.41) is 0. The number of aromatic nitrogens is 3. The first kappa shape index (κ1) is 12.7. The van der Waals surface area contributed by atoms with E-state index in [1.807, 2.05) is 19.1 Å².